The van der Waals surface area contributed by atoms with E-state index < -0.39 is 0 Å². The van der Waals surface area contributed by atoms with E-state index in [2.05, 4.69) is 16.0 Å². The monoisotopic (exact) mass is 315 g/mol. The smallest absolute Gasteiger partial charge is 0.269 e. The van der Waals surface area contributed by atoms with Gasteiger partial charge < -0.3 is 4.90 Å². The Morgan fingerprint density at radius 3 is 2.52 bits per heavy atom. The number of rotatable bonds is 4. The molecule has 0 saturated heterocycles. The van der Waals surface area contributed by atoms with E-state index in [4.69, 9.17) is 0 Å². The van der Waals surface area contributed by atoms with Crippen molar-refractivity contribution in [2.45, 2.75) is 20.4 Å². The number of anilines is 1. The van der Waals surface area contributed by atoms with Crippen LogP contribution in [0.25, 0.3) is 0 Å². The Balaban J connectivity index is 1.92. The number of carbonyl (C=O) groups is 2. The molecule has 0 bridgehead atoms. The summed E-state index contributed by atoms with van der Waals surface area (Å²) < 4.78 is 1.59. The Labute approximate surface area is 135 Å². The number of hydrogen-bond donors (Lipinski definition) is 2. The van der Waals surface area contributed by atoms with Crippen LogP contribution in [-0.4, -0.2) is 35.7 Å². The van der Waals surface area contributed by atoms with Crippen molar-refractivity contribution in [1.82, 2.24) is 20.6 Å². The van der Waals surface area contributed by atoms with Gasteiger partial charge in [0.2, 0.25) is 0 Å². The number of carbonyl (C=O) groups excluding carboxylic acids is 2. The molecule has 7 nitrogen and oxygen atoms in total. The SMILES string of the molecule is Cc1cc(C)n(CC(=O)NNC(=O)c2cccc(N(C)C)c2)n1. The van der Waals surface area contributed by atoms with Gasteiger partial charge in [0, 0.05) is 31.0 Å². The molecule has 2 amide bonds. The molecule has 0 radical (unpaired) electrons. The standard InChI is InChI=1S/C16H21N5O2/c1-11-8-12(2)21(19-11)10-15(22)17-18-16(23)13-6-5-7-14(9-13)20(3)4/h5-9H,10H2,1-4H3,(H,17,22)(H,18,23). The zero-order valence-electron chi connectivity index (χ0n) is 13.8. The molecule has 7 heteroatoms. The lowest BCUT2D eigenvalue weighted by molar-refractivity contribution is -0.122. The maximum Gasteiger partial charge on any atom is 0.269 e. The minimum Gasteiger partial charge on any atom is -0.378 e. The lowest BCUT2D eigenvalue weighted by Crippen LogP contribution is -2.43. The van der Waals surface area contributed by atoms with Crippen molar-refractivity contribution >= 4 is 17.5 Å². The van der Waals surface area contributed by atoms with E-state index in [0.717, 1.165) is 17.1 Å². The molecule has 2 N–H and O–H groups in total. The van der Waals surface area contributed by atoms with Crippen LogP contribution in [0.2, 0.25) is 0 Å². The second-order valence-electron chi connectivity index (χ2n) is 5.53. The van der Waals surface area contributed by atoms with Crippen LogP contribution in [0.5, 0.6) is 0 Å². The fourth-order valence-corrected chi connectivity index (χ4v) is 2.13. The minimum absolute atomic E-state index is 0.0533. The molecule has 0 aliphatic carbocycles. The molecule has 0 saturated carbocycles. The molecule has 0 atom stereocenters. The highest BCUT2D eigenvalue weighted by Gasteiger charge is 2.10. The molecule has 0 aliphatic rings. The highest BCUT2D eigenvalue weighted by molar-refractivity contribution is 5.96. The molecule has 1 aromatic carbocycles. The molecule has 0 fully saturated rings. The molecule has 1 heterocycles. The summed E-state index contributed by atoms with van der Waals surface area (Å²) in [6, 6.07) is 9.02. The van der Waals surface area contributed by atoms with E-state index in [1.54, 1.807) is 22.9 Å². The fourth-order valence-electron chi connectivity index (χ4n) is 2.13. The number of nitrogens with one attached hydrogen (secondary N) is 2. The van der Waals surface area contributed by atoms with E-state index in [1.165, 1.54) is 0 Å². The average Bonchev–Trinajstić information content (AvgIpc) is 2.82. The first-order valence-electron chi connectivity index (χ1n) is 7.24. The number of amides is 2. The second kappa shape index (κ2) is 6.95. The van der Waals surface area contributed by atoms with Gasteiger partial charge in [0.1, 0.15) is 6.54 Å². The molecule has 2 rings (SSSR count). The Morgan fingerprint density at radius 1 is 1.17 bits per heavy atom. The number of aromatic nitrogens is 2. The van der Waals surface area contributed by atoms with Crippen molar-refractivity contribution in [3.63, 3.8) is 0 Å². The Morgan fingerprint density at radius 2 is 1.91 bits per heavy atom. The van der Waals surface area contributed by atoms with Crippen LogP contribution in [0.1, 0.15) is 21.7 Å². The summed E-state index contributed by atoms with van der Waals surface area (Å²) in [6.45, 7) is 3.79. The fraction of sp³-hybridized carbons (Fsp3) is 0.312. The van der Waals surface area contributed by atoms with E-state index in [0.29, 0.717) is 5.56 Å². The largest absolute Gasteiger partial charge is 0.378 e. The van der Waals surface area contributed by atoms with Crippen molar-refractivity contribution in [2.75, 3.05) is 19.0 Å². The quantitative estimate of drug-likeness (QED) is 0.826. The molecule has 122 valence electrons. The minimum atomic E-state index is -0.365. The third kappa shape index (κ3) is 4.32. The van der Waals surface area contributed by atoms with Gasteiger partial charge >= 0.3 is 0 Å². The molecular weight excluding hydrogens is 294 g/mol. The van der Waals surface area contributed by atoms with Gasteiger partial charge in [-0.2, -0.15) is 5.10 Å². The van der Waals surface area contributed by atoms with Gasteiger partial charge in [-0.3, -0.25) is 25.1 Å². The number of hydrogen-bond acceptors (Lipinski definition) is 4. The summed E-state index contributed by atoms with van der Waals surface area (Å²) in [5, 5.41) is 4.20. The van der Waals surface area contributed by atoms with E-state index in [-0.39, 0.29) is 18.4 Å². The van der Waals surface area contributed by atoms with Crippen LogP contribution < -0.4 is 15.8 Å². The maximum atomic E-state index is 12.1. The number of hydrazine groups is 1. The van der Waals surface area contributed by atoms with Crippen molar-refractivity contribution in [3.05, 3.63) is 47.3 Å². The molecule has 0 aliphatic heterocycles. The van der Waals surface area contributed by atoms with Crippen molar-refractivity contribution in [2.24, 2.45) is 0 Å². The first kappa shape index (κ1) is 16.5. The van der Waals surface area contributed by atoms with Crippen molar-refractivity contribution in [3.8, 4) is 0 Å². The summed E-state index contributed by atoms with van der Waals surface area (Å²) >= 11 is 0. The summed E-state index contributed by atoms with van der Waals surface area (Å²) in [7, 11) is 3.79. The van der Waals surface area contributed by atoms with E-state index in [1.807, 2.05) is 45.0 Å². The van der Waals surface area contributed by atoms with E-state index >= 15 is 0 Å². The first-order valence-corrected chi connectivity index (χ1v) is 7.24. The van der Waals surface area contributed by atoms with Crippen LogP contribution in [0.3, 0.4) is 0 Å². The zero-order chi connectivity index (χ0) is 17.0. The average molecular weight is 315 g/mol. The Kier molecular flexibility index (Phi) is 5.00. The number of benzene rings is 1. The molecule has 23 heavy (non-hydrogen) atoms. The predicted octanol–water partition coefficient (Wildman–Crippen LogP) is 1.03. The second-order valence-corrected chi connectivity index (χ2v) is 5.53. The molecule has 0 spiro atoms. The lowest BCUT2D eigenvalue weighted by Gasteiger charge is -2.13. The van der Waals surface area contributed by atoms with Gasteiger partial charge in [-0.05, 0) is 38.1 Å². The lowest BCUT2D eigenvalue weighted by atomic mass is 10.2. The number of nitrogens with zero attached hydrogens (tertiary/aromatic N) is 3. The van der Waals surface area contributed by atoms with Gasteiger partial charge in [0.25, 0.3) is 11.8 Å². The van der Waals surface area contributed by atoms with Crippen LogP contribution in [-0.2, 0) is 11.3 Å². The highest BCUT2D eigenvalue weighted by Crippen LogP contribution is 2.12. The molecule has 1 aromatic heterocycles. The summed E-state index contributed by atoms with van der Waals surface area (Å²) in [5.41, 5.74) is 7.94. The van der Waals surface area contributed by atoms with Gasteiger partial charge in [0.15, 0.2) is 0 Å². The van der Waals surface area contributed by atoms with Crippen LogP contribution in [0.4, 0.5) is 5.69 Å². The van der Waals surface area contributed by atoms with Crippen molar-refractivity contribution < 1.29 is 9.59 Å². The van der Waals surface area contributed by atoms with Crippen LogP contribution in [0, 0.1) is 13.8 Å². The number of aryl methyl sites for hydroxylation is 2. The van der Waals surface area contributed by atoms with Gasteiger partial charge in [-0.25, -0.2) is 0 Å². The third-order valence-electron chi connectivity index (χ3n) is 3.34. The topological polar surface area (TPSA) is 79.3 Å². The summed E-state index contributed by atoms with van der Waals surface area (Å²) in [5.74, 6) is -0.705. The maximum absolute atomic E-state index is 12.1. The van der Waals surface area contributed by atoms with Crippen LogP contribution >= 0.6 is 0 Å². The molecular formula is C16H21N5O2. The van der Waals surface area contributed by atoms with Gasteiger partial charge in [-0.1, -0.05) is 6.07 Å². The third-order valence-corrected chi connectivity index (χ3v) is 3.34. The highest BCUT2D eigenvalue weighted by atomic mass is 16.2. The zero-order valence-corrected chi connectivity index (χ0v) is 13.8. The van der Waals surface area contributed by atoms with Gasteiger partial charge in [0.05, 0.1) is 5.69 Å². The summed E-state index contributed by atoms with van der Waals surface area (Å²) in [6.07, 6.45) is 0. The Bertz CT molecular complexity index is 721. The molecule has 0 unspecified atom stereocenters. The van der Waals surface area contributed by atoms with Crippen molar-refractivity contribution in [1.29, 1.82) is 0 Å². The summed E-state index contributed by atoms with van der Waals surface area (Å²) in [4.78, 5) is 25.9. The first-order chi connectivity index (χ1) is 10.9. The predicted molar refractivity (Wildman–Crippen MR) is 88.1 cm³/mol. The van der Waals surface area contributed by atoms with Gasteiger partial charge in [-0.15, -0.1) is 0 Å². The Hall–Kier alpha value is -2.83. The normalized spacial score (nSPS) is 10.3. The van der Waals surface area contributed by atoms with Crippen LogP contribution in [0.15, 0.2) is 30.3 Å². The molecule has 2 aromatic rings. The van der Waals surface area contributed by atoms with E-state index in [9.17, 15) is 9.59 Å².